The van der Waals surface area contributed by atoms with Crippen molar-refractivity contribution in [3.63, 3.8) is 0 Å². The molecule has 5 heteroatoms. The van der Waals surface area contributed by atoms with Gasteiger partial charge in [-0.1, -0.05) is 51.8 Å². The summed E-state index contributed by atoms with van der Waals surface area (Å²) < 4.78 is 0.782. The molecule has 0 heterocycles. The molecule has 2 N–H and O–H groups in total. The fraction of sp³-hybridized carbons (Fsp3) is 0.188. The van der Waals surface area contributed by atoms with E-state index in [2.05, 4.69) is 21.2 Å². The van der Waals surface area contributed by atoms with Gasteiger partial charge in [0.2, 0.25) is 0 Å². The number of fused-ring (bicyclic) bond motifs is 1. The summed E-state index contributed by atoms with van der Waals surface area (Å²) in [6.07, 6.45) is -0.0647. The zero-order chi connectivity index (χ0) is 15.0. The highest BCUT2D eigenvalue weighted by molar-refractivity contribution is 9.10. The number of hydrogen-bond donors (Lipinski definition) is 2. The molecule has 0 aromatic heterocycles. The number of carbonyl (C=O) groups is 1. The normalized spacial score (nSPS) is 20.1. The van der Waals surface area contributed by atoms with E-state index in [9.17, 15) is 9.90 Å². The van der Waals surface area contributed by atoms with Crippen molar-refractivity contribution in [1.82, 2.24) is 5.32 Å². The Kier molecular flexibility index (Phi) is 4.02. The summed E-state index contributed by atoms with van der Waals surface area (Å²) in [7, 11) is 0. The van der Waals surface area contributed by atoms with Gasteiger partial charge in [-0.2, -0.15) is 0 Å². The van der Waals surface area contributed by atoms with Gasteiger partial charge >= 0.3 is 0 Å². The summed E-state index contributed by atoms with van der Waals surface area (Å²) in [4.78, 5) is 12.4. The molecule has 0 bridgehead atoms. The molecule has 0 radical (unpaired) electrons. The molecule has 1 aliphatic carbocycles. The van der Waals surface area contributed by atoms with Crippen LogP contribution < -0.4 is 5.32 Å². The highest BCUT2D eigenvalue weighted by atomic mass is 79.9. The summed E-state index contributed by atoms with van der Waals surface area (Å²) in [6.45, 7) is 0. The number of halogens is 2. The Balaban J connectivity index is 1.87. The van der Waals surface area contributed by atoms with Gasteiger partial charge in [0.15, 0.2) is 0 Å². The van der Waals surface area contributed by atoms with Crippen molar-refractivity contribution < 1.29 is 9.90 Å². The molecule has 2 aromatic rings. The van der Waals surface area contributed by atoms with Crippen molar-refractivity contribution in [1.29, 1.82) is 0 Å². The lowest BCUT2D eigenvalue weighted by Gasteiger charge is -2.18. The average molecular weight is 367 g/mol. The van der Waals surface area contributed by atoms with Crippen LogP contribution in [0.4, 0.5) is 0 Å². The highest BCUT2D eigenvalue weighted by Crippen LogP contribution is 2.32. The second-order valence-electron chi connectivity index (χ2n) is 5.05. The maximum Gasteiger partial charge on any atom is 0.253 e. The van der Waals surface area contributed by atoms with Crippen LogP contribution in [-0.4, -0.2) is 17.1 Å². The third-order valence-corrected chi connectivity index (χ3v) is 4.49. The highest BCUT2D eigenvalue weighted by Gasteiger charge is 2.32. The zero-order valence-electron chi connectivity index (χ0n) is 11.0. The summed E-state index contributed by atoms with van der Waals surface area (Å²) in [5, 5.41) is 13.4. The van der Waals surface area contributed by atoms with Crippen molar-refractivity contribution in [2.75, 3.05) is 0 Å². The quantitative estimate of drug-likeness (QED) is 0.855. The van der Waals surface area contributed by atoms with E-state index in [-0.39, 0.29) is 5.91 Å². The minimum absolute atomic E-state index is 0.290. The minimum atomic E-state index is -0.614. The molecule has 21 heavy (non-hydrogen) atoms. The molecular formula is C16H13BrClNO2. The molecule has 3 rings (SSSR count). The number of aliphatic hydroxyl groups is 1. The first-order valence-corrected chi connectivity index (χ1v) is 7.75. The standard InChI is InChI=1S/C16H13BrClNO2/c17-10-5-6-13(18)12(8-10)16(21)19-15-11-4-2-1-3-9(11)7-14(15)20/h1-6,8,14-15,20H,7H2,(H,19,21)/t14-,15+/m1/s1. The number of aliphatic hydroxyl groups excluding tert-OH is 1. The number of carbonyl (C=O) groups excluding carboxylic acids is 1. The van der Waals surface area contributed by atoms with Crippen LogP contribution in [0.25, 0.3) is 0 Å². The second-order valence-corrected chi connectivity index (χ2v) is 6.37. The van der Waals surface area contributed by atoms with Crippen molar-refractivity contribution >= 4 is 33.4 Å². The van der Waals surface area contributed by atoms with Crippen LogP contribution in [0.2, 0.25) is 5.02 Å². The van der Waals surface area contributed by atoms with E-state index in [0.29, 0.717) is 17.0 Å². The lowest BCUT2D eigenvalue weighted by molar-refractivity contribution is 0.0858. The fourth-order valence-electron chi connectivity index (χ4n) is 2.64. The Hall–Kier alpha value is -1.36. The van der Waals surface area contributed by atoms with Crippen LogP contribution in [0.15, 0.2) is 46.9 Å². The molecule has 1 amide bonds. The summed E-state index contributed by atoms with van der Waals surface area (Å²) in [5.41, 5.74) is 2.42. The molecule has 1 aliphatic rings. The summed E-state index contributed by atoms with van der Waals surface area (Å²) in [5.74, 6) is -0.290. The van der Waals surface area contributed by atoms with Crippen molar-refractivity contribution in [2.24, 2.45) is 0 Å². The van der Waals surface area contributed by atoms with Gasteiger partial charge in [-0.25, -0.2) is 0 Å². The molecule has 0 fully saturated rings. The van der Waals surface area contributed by atoms with E-state index in [0.717, 1.165) is 15.6 Å². The Morgan fingerprint density at radius 2 is 2.05 bits per heavy atom. The largest absolute Gasteiger partial charge is 0.390 e. The average Bonchev–Trinajstić information content (AvgIpc) is 2.78. The van der Waals surface area contributed by atoms with E-state index < -0.39 is 12.1 Å². The zero-order valence-corrected chi connectivity index (χ0v) is 13.4. The lowest BCUT2D eigenvalue weighted by Crippen LogP contribution is -2.34. The first-order chi connectivity index (χ1) is 10.1. The first-order valence-electron chi connectivity index (χ1n) is 6.58. The third-order valence-electron chi connectivity index (χ3n) is 3.66. The first kappa shape index (κ1) is 14.6. The van der Waals surface area contributed by atoms with Crippen molar-refractivity contribution in [2.45, 2.75) is 18.6 Å². The smallest absolute Gasteiger partial charge is 0.253 e. The van der Waals surface area contributed by atoms with E-state index in [1.807, 2.05) is 24.3 Å². The second kappa shape index (κ2) is 5.79. The maximum absolute atomic E-state index is 12.4. The van der Waals surface area contributed by atoms with Gasteiger partial charge in [0.1, 0.15) is 0 Å². The molecule has 108 valence electrons. The van der Waals surface area contributed by atoms with Gasteiger partial charge in [0, 0.05) is 10.9 Å². The van der Waals surface area contributed by atoms with Gasteiger partial charge in [0.25, 0.3) is 5.91 Å². The van der Waals surface area contributed by atoms with Crippen LogP contribution in [-0.2, 0) is 6.42 Å². The van der Waals surface area contributed by atoms with Crippen molar-refractivity contribution in [3.8, 4) is 0 Å². The Morgan fingerprint density at radius 3 is 2.86 bits per heavy atom. The molecule has 2 aromatic carbocycles. The van der Waals surface area contributed by atoms with Crippen LogP contribution in [0, 0.1) is 0 Å². The molecule has 0 saturated heterocycles. The molecule has 0 spiro atoms. The molecule has 3 nitrogen and oxygen atoms in total. The number of hydrogen-bond acceptors (Lipinski definition) is 2. The fourth-order valence-corrected chi connectivity index (χ4v) is 3.20. The number of nitrogens with one attached hydrogen (secondary N) is 1. The maximum atomic E-state index is 12.4. The van der Waals surface area contributed by atoms with E-state index in [4.69, 9.17) is 11.6 Å². The van der Waals surface area contributed by atoms with Crippen molar-refractivity contribution in [3.05, 3.63) is 68.7 Å². The number of benzene rings is 2. The molecule has 0 unspecified atom stereocenters. The predicted octanol–water partition coefficient (Wildman–Crippen LogP) is 3.49. The van der Waals surface area contributed by atoms with E-state index in [1.54, 1.807) is 18.2 Å². The van der Waals surface area contributed by atoms with Gasteiger partial charge < -0.3 is 10.4 Å². The van der Waals surface area contributed by atoms with Gasteiger partial charge in [-0.05, 0) is 29.3 Å². The Morgan fingerprint density at radius 1 is 1.29 bits per heavy atom. The topological polar surface area (TPSA) is 49.3 Å². The van der Waals surface area contributed by atoms with Crippen LogP contribution in [0.3, 0.4) is 0 Å². The van der Waals surface area contributed by atoms with Gasteiger partial charge in [0.05, 0.1) is 22.7 Å². The Bertz CT molecular complexity index is 704. The van der Waals surface area contributed by atoms with Crippen LogP contribution >= 0.6 is 27.5 Å². The van der Waals surface area contributed by atoms with Gasteiger partial charge in [-0.3, -0.25) is 4.79 Å². The van der Waals surface area contributed by atoms with E-state index >= 15 is 0 Å². The minimum Gasteiger partial charge on any atom is -0.390 e. The molecule has 2 atom stereocenters. The lowest BCUT2D eigenvalue weighted by atomic mass is 10.1. The SMILES string of the molecule is O=C(N[C@H]1c2ccccc2C[C@H]1O)c1cc(Br)ccc1Cl. The van der Waals surface area contributed by atoms with Gasteiger partial charge in [-0.15, -0.1) is 0 Å². The third kappa shape index (κ3) is 2.84. The van der Waals surface area contributed by atoms with Crippen LogP contribution in [0.1, 0.15) is 27.5 Å². The van der Waals surface area contributed by atoms with Crippen LogP contribution in [0.5, 0.6) is 0 Å². The molecule has 0 saturated carbocycles. The summed E-state index contributed by atoms with van der Waals surface area (Å²) in [6, 6.07) is 12.5. The monoisotopic (exact) mass is 365 g/mol. The molecule has 0 aliphatic heterocycles. The van der Waals surface area contributed by atoms with E-state index in [1.165, 1.54) is 0 Å². The molecular weight excluding hydrogens is 354 g/mol. The predicted molar refractivity (Wildman–Crippen MR) is 85.5 cm³/mol. The number of amides is 1. The Labute approximate surface area is 136 Å². The number of rotatable bonds is 2. The summed E-state index contributed by atoms with van der Waals surface area (Å²) >= 11 is 9.40.